The Balaban J connectivity index is 2.18. The number of phenols is 1. The van der Waals surface area contributed by atoms with E-state index in [1.54, 1.807) is 6.92 Å². The van der Waals surface area contributed by atoms with Crippen LogP contribution in [0.25, 0.3) is 0 Å². The van der Waals surface area contributed by atoms with E-state index < -0.39 is 211 Å². The third kappa shape index (κ3) is 23.3. The number of hydrogen-bond donors (Lipinski definition) is 16. The second-order valence-corrected chi connectivity index (χ2v) is 25.7. The second-order valence-electron chi connectivity index (χ2n) is 25.7. The van der Waals surface area contributed by atoms with E-state index in [-0.39, 0.29) is 36.6 Å². The number of nitrogens with zero attached hydrogens (tertiary/aromatic N) is 2. The zero-order valence-corrected chi connectivity index (χ0v) is 59.3. The molecule has 2 aliphatic rings. The number of cyclic esters (lactones) is 1. The van der Waals surface area contributed by atoms with Crippen LogP contribution in [-0.2, 0) is 76.5 Å². The molecule has 2 heterocycles. The summed E-state index contributed by atoms with van der Waals surface area (Å²) in [6.45, 7) is 14.5. The molecule has 2 saturated heterocycles. The maximum atomic E-state index is 15.2. The van der Waals surface area contributed by atoms with Crippen molar-refractivity contribution in [2.75, 3.05) is 47.6 Å². The van der Waals surface area contributed by atoms with Crippen LogP contribution < -0.4 is 59.3 Å². The molecular formula is C66H103N13O21. The number of phenolic OH excluding ortho intramolecular Hbond substituents is 1. The number of allylic oxidation sites excluding steroid dienone is 4. The first kappa shape index (κ1) is 85.3. The highest BCUT2D eigenvalue weighted by Crippen LogP contribution is 2.30. The summed E-state index contributed by atoms with van der Waals surface area (Å²) in [4.78, 5) is 187. The molecule has 0 aromatic heterocycles. The molecule has 0 spiro atoms. The number of methoxy groups -OCH3 is 2. The number of hydrogen-bond acceptors (Lipinski definition) is 22. The number of aliphatic hydroxyl groups is 4. The summed E-state index contributed by atoms with van der Waals surface area (Å²) in [5.41, 5.74) is 9.84. The number of ether oxygens (including phenoxy) is 3. The first-order valence-corrected chi connectivity index (χ1v) is 32.8. The largest absolute Gasteiger partial charge is 0.508 e. The van der Waals surface area contributed by atoms with Crippen molar-refractivity contribution in [1.29, 1.82) is 0 Å². The van der Waals surface area contributed by atoms with Crippen LogP contribution in [-0.4, -0.2) is 244 Å². The van der Waals surface area contributed by atoms with E-state index >= 15 is 14.4 Å². The number of likely N-dealkylation sites (N-methyl/N-ethyl adjacent to an activating group) is 1. The topological polar surface area (TPSA) is 518 Å². The summed E-state index contributed by atoms with van der Waals surface area (Å²) >= 11 is 0. The van der Waals surface area contributed by atoms with Crippen molar-refractivity contribution in [3.05, 3.63) is 65.4 Å². The average molecular weight is 1410 g/mol. The normalized spacial score (nSPS) is 24.2. The standard InChI is InChI=1S/C66H103N13O21/c1-16-32(5)27-33(6)20-25-45(83)66(12,97)65(96)73-42(29-80)57(88)71-41(17-2)56(87)75-48(36(9)67)59(90)74-47(34(7)35(8)54(68)85)58(89)76-49-52(31(3)4)100-64(95)44-19-18-26-79(44)63(94)50(53(99-15)39-21-23-40(82)24-22-39)77-61(92)51(38(11)81)78(13)62(93)37(10)70-46(84)28-69-55(86)43(30-98-14)72-60(49)91/h17,20-25,27,31-32,34-38,42-45,47-53,80-83,97H,16,18-19,26,28-30,67H2,1-15H3,(H2,68,85)(H,69,86)(H,70,84)(H,71,88)(H,72,91)(H,73,96)(H,74,90)(H,75,87)(H,76,89)(H,77,92)/b25-20-,33-27+,41-17-/t32-,34+,35-,36+,37+,38-,42-,43-,44+,45-,47+,48+,49-,50-,51+,52-,53-,66+/m1/s1. The smallest absolute Gasteiger partial charge is 0.329 e. The number of carbonyl (C=O) groups excluding carboxylic acids is 13. The maximum absolute atomic E-state index is 15.2. The van der Waals surface area contributed by atoms with E-state index in [9.17, 15) is 73.5 Å². The first-order chi connectivity index (χ1) is 46.7. The molecule has 3 rings (SSSR count). The van der Waals surface area contributed by atoms with E-state index in [1.165, 1.54) is 98.9 Å². The van der Waals surface area contributed by atoms with Crippen LogP contribution >= 0.6 is 0 Å². The highest BCUT2D eigenvalue weighted by Gasteiger charge is 2.48. The summed E-state index contributed by atoms with van der Waals surface area (Å²) in [6, 6.07) is -11.9. The molecule has 0 unspecified atom stereocenters. The van der Waals surface area contributed by atoms with Gasteiger partial charge in [0.2, 0.25) is 59.1 Å². The molecule has 1 aromatic carbocycles. The molecule has 100 heavy (non-hydrogen) atoms. The number of primary amides is 1. The van der Waals surface area contributed by atoms with Crippen LogP contribution in [0, 0.1) is 23.7 Å². The fourth-order valence-corrected chi connectivity index (χ4v) is 10.9. The predicted molar refractivity (Wildman–Crippen MR) is 359 cm³/mol. The Labute approximate surface area is 581 Å². The summed E-state index contributed by atoms with van der Waals surface area (Å²) < 4.78 is 17.2. The van der Waals surface area contributed by atoms with Gasteiger partial charge in [-0.3, -0.25) is 57.5 Å². The highest BCUT2D eigenvalue weighted by molar-refractivity contribution is 6.03. The zero-order valence-electron chi connectivity index (χ0n) is 59.3. The lowest BCUT2D eigenvalue weighted by Gasteiger charge is -2.37. The van der Waals surface area contributed by atoms with Crippen molar-refractivity contribution >= 4 is 76.9 Å². The van der Waals surface area contributed by atoms with Crippen LogP contribution in [0.4, 0.5) is 0 Å². The third-order valence-electron chi connectivity index (χ3n) is 17.4. The molecule has 558 valence electrons. The van der Waals surface area contributed by atoms with Gasteiger partial charge in [0.15, 0.2) is 5.60 Å². The number of aromatic hydroxyl groups is 1. The Morgan fingerprint density at radius 1 is 0.860 bits per heavy atom. The molecule has 34 nitrogen and oxygen atoms in total. The quantitative estimate of drug-likeness (QED) is 0.0226. The van der Waals surface area contributed by atoms with E-state index in [0.29, 0.717) is 0 Å². The van der Waals surface area contributed by atoms with Crippen molar-refractivity contribution < 1.29 is 102 Å². The SMILES string of the molecule is C/C=C(\NC(=O)[C@@H](CO)NC(=O)[C@@](C)(O)[C@H](O)/C=C\C(C)=C\[C@H](C)CC)C(=O)N[C@H](C(=O)N[C@H](C(=O)N[C@H]1C(=O)N[C@H](COC)C(=O)NCC(=O)N[C@@H](C)C(=O)N(C)[C@@H]([C@@H](C)O)C(=O)N[C@H]([C@H](OC)c2ccc(O)cc2)C(=O)N2CCC[C@H]2C(=O)O[C@@H]1C(C)C)[C@@H](C)[C@@H](C)C(N)=O)[C@H](C)N. The van der Waals surface area contributed by atoms with E-state index in [4.69, 9.17) is 25.7 Å². The molecule has 2 aliphatic heterocycles. The minimum atomic E-state index is -2.55. The Bertz CT molecular complexity index is 3180. The average Bonchev–Trinajstić information content (AvgIpc) is 1.35. The molecule has 2 fully saturated rings. The maximum Gasteiger partial charge on any atom is 0.329 e. The number of benzene rings is 1. The molecule has 12 amide bonds. The number of esters is 1. The van der Waals surface area contributed by atoms with Crippen molar-refractivity contribution in [2.45, 2.75) is 193 Å². The number of fused-ring (bicyclic) bond motifs is 1. The van der Waals surface area contributed by atoms with Gasteiger partial charge in [-0.15, -0.1) is 0 Å². The molecule has 34 heteroatoms. The highest BCUT2D eigenvalue weighted by atomic mass is 16.5. The molecule has 18 N–H and O–H groups in total. The Hall–Kier alpha value is -8.93. The lowest BCUT2D eigenvalue weighted by Crippen LogP contribution is -2.65. The van der Waals surface area contributed by atoms with Crippen molar-refractivity contribution in [2.24, 2.45) is 35.1 Å². The minimum absolute atomic E-state index is 0.0914. The molecule has 0 aliphatic carbocycles. The lowest BCUT2D eigenvalue weighted by atomic mass is 9.87. The molecule has 1 aromatic rings. The Morgan fingerprint density at radius 2 is 1.49 bits per heavy atom. The molecular weight excluding hydrogens is 1310 g/mol. The third-order valence-corrected chi connectivity index (χ3v) is 17.4. The van der Waals surface area contributed by atoms with Gasteiger partial charge in [0.25, 0.3) is 11.8 Å². The van der Waals surface area contributed by atoms with Crippen molar-refractivity contribution in [3.8, 4) is 5.75 Å². The number of nitrogens with two attached hydrogens (primary N) is 2. The van der Waals surface area contributed by atoms with Crippen LogP contribution in [0.2, 0.25) is 0 Å². The van der Waals surface area contributed by atoms with Gasteiger partial charge in [0.1, 0.15) is 84.1 Å². The van der Waals surface area contributed by atoms with Gasteiger partial charge < -0.3 is 109 Å². The van der Waals surface area contributed by atoms with Crippen LogP contribution in [0.15, 0.2) is 59.8 Å². The molecule has 0 saturated carbocycles. The second kappa shape index (κ2) is 39.2. The van der Waals surface area contributed by atoms with Gasteiger partial charge in [-0.1, -0.05) is 90.0 Å². The molecule has 18 atom stereocenters. The fourth-order valence-electron chi connectivity index (χ4n) is 10.9. The fraction of sp³-hybridized carbons (Fsp3) is 0.621. The predicted octanol–water partition coefficient (Wildman–Crippen LogP) is -4.19. The van der Waals surface area contributed by atoms with Crippen molar-refractivity contribution in [3.63, 3.8) is 0 Å². The molecule has 0 bridgehead atoms. The number of rotatable bonds is 27. The number of amides is 12. The van der Waals surface area contributed by atoms with Gasteiger partial charge in [0, 0.05) is 39.8 Å². The van der Waals surface area contributed by atoms with Gasteiger partial charge >= 0.3 is 5.97 Å². The Kier molecular flexibility index (Phi) is 33.4. The van der Waals surface area contributed by atoms with Gasteiger partial charge in [-0.2, -0.15) is 0 Å². The van der Waals surface area contributed by atoms with Crippen LogP contribution in [0.3, 0.4) is 0 Å². The van der Waals surface area contributed by atoms with Crippen LogP contribution in [0.1, 0.15) is 114 Å². The zero-order chi connectivity index (χ0) is 76.0. The first-order valence-electron chi connectivity index (χ1n) is 32.8. The summed E-state index contributed by atoms with van der Waals surface area (Å²) in [7, 11) is 3.52. The van der Waals surface area contributed by atoms with E-state index in [1.807, 2.05) is 19.9 Å². The monoisotopic (exact) mass is 1410 g/mol. The van der Waals surface area contributed by atoms with E-state index in [0.717, 1.165) is 49.0 Å². The van der Waals surface area contributed by atoms with Crippen molar-refractivity contribution in [1.82, 2.24) is 57.7 Å². The lowest BCUT2D eigenvalue weighted by molar-refractivity contribution is -0.165. The summed E-state index contributed by atoms with van der Waals surface area (Å²) in [5, 5.41) is 74.7. The summed E-state index contributed by atoms with van der Waals surface area (Å²) in [5.74, 6) is -18.3. The number of aliphatic hydroxyl groups excluding tert-OH is 3. The van der Waals surface area contributed by atoms with Gasteiger partial charge in [0.05, 0.1) is 25.9 Å². The van der Waals surface area contributed by atoms with Gasteiger partial charge in [-0.05, 0) is 89.8 Å². The Morgan fingerprint density at radius 3 is 2.03 bits per heavy atom. The molecule has 0 radical (unpaired) electrons. The van der Waals surface area contributed by atoms with Gasteiger partial charge in [-0.25, -0.2) is 4.79 Å². The van der Waals surface area contributed by atoms with Crippen LogP contribution in [0.5, 0.6) is 5.75 Å². The van der Waals surface area contributed by atoms with E-state index in [2.05, 4.69) is 47.9 Å². The summed E-state index contributed by atoms with van der Waals surface area (Å²) in [6.07, 6.45) is -0.111. The number of nitrogens with one attached hydrogen (secondary N) is 9. The number of carbonyl (C=O) groups is 13. The minimum Gasteiger partial charge on any atom is -0.508 e.